The maximum atomic E-state index is 12.6. The van der Waals surface area contributed by atoms with Crippen molar-refractivity contribution < 1.29 is 34.4 Å². The fraction of sp³-hybridized carbons (Fsp3) is 0.381. The molecule has 1 heterocycles. The largest absolute Gasteiger partial charge is 0.508 e. The number of ether oxygens (including phenoxy) is 2. The van der Waals surface area contributed by atoms with Gasteiger partial charge in [0.1, 0.15) is 5.75 Å². The van der Waals surface area contributed by atoms with Crippen molar-refractivity contribution in [1.29, 1.82) is 0 Å². The van der Waals surface area contributed by atoms with Gasteiger partial charge >= 0.3 is 0 Å². The van der Waals surface area contributed by atoms with E-state index < -0.39 is 12.4 Å². The lowest BCUT2D eigenvalue weighted by Crippen LogP contribution is -2.39. The van der Waals surface area contributed by atoms with Crippen LogP contribution in [0.15, 0.2) is 97.1 Å². The lowest BCUT2D eigenvalue weighted by atomic mass is 9.97. The average molecular weight is 710 g/mol. The highest BCUT2D eigenvalue weighted by Crippen LogP contribution is 2.39. The van der Waals surface area contributed by atoms with Gasteiger partial charge in [0.05, 0.1) is 24.9 Å². The number of unbranched alkanes of at least 4 members (excludes halogenated alkanes) is 2. The van der Waals surface area contributed by atoms with Crippen molar-refractivity contribution in [3.63, 3.8) is 0 Å². The number of carbonyl (C=O) groups excluding carboxylic acids is 2. The monoisotopic (exact) mass is 709 g/mol. The molecule has 4 atom stereocenters. The molecule has 0 spiro atoms. The predicted molar refractivity (Wildman–Crippen MR) is 200 cm³/mol. The zero-order chi connectivity index (χ0) is 36.9. The Labute approximate surface area is 306 Å². The molecule has 0 aromatic heterocycles. The number of carbonyl (C=O) groups is 2. The molecule has 0 radical (unpaired) electrons. The van der Waals surface area contributed by atoms with Crippen LogP contribution in [0.1, 0.15) is 85.3 Å². The molecule has 276 valence electrons. The molecule has 1 aliphatic rings. The van der Waals surface area contributed by atoms with E-state index in [1.165, 1.54) is 6.92 Å². The van der Waals surface area contributed by atoms with E-state index in [-0.39, 0.29) is 36.4 Å². The fourth-order valence-corrected chi connectivity index (χ4v) is 6.50. The SMILES string of the molecule is CC(=O)NCCCCCC(=O)NCc1ccccc1-c1ccc([C@H]2O[C@@H](CN(C)C[C@@H](O)c3cccc(O)c3)C[C@@H](c3ccc(CO)cc3)O2)cc1. The summed E-state index contributed by atoms with van der Waals surface area (Å²) in [6.45, 7) is 3.44. The number of amides is 2. The topological polar surface area (TPSA) is 141 Å². The van der Waals surface area contributed by atoms with Gasteiger partial charge in [0.2, 0.25) is 11.8 Å². The predicted octanol–water partition coefficient (Wildman–Crippen LogP) is 6.08. The molecule has 4 aromatic carbocycles. The molecule has 0 unspecified atom stereocenters. The number of likely N-dealkylation sites (N-methyl/N-ethyl adjacent to an activating group) is 1. The Morgan fingerprint density at radius 1 is 0.885 bits per heavy atom. The lowest BCUT2D eigenvalue weighted by molar-refractivity contribution is -0.252. The summed E-state index contributed by atoms with van der Waals surface area (Å²) in [7, 11) is 1.94. The standard InChI is InChI=1S/C42H51N3O7/c1-29(47)43-22-7-3-4-13-41(50)44-25-35-9-5-6-12-38(35)31-18-20-33(21-19-31)42-51-37(24-40(52-42)32-16-14-30(28-46)15-17-32)26-45(2)27-39(49)34-10-8-11-36(48)23-34/h5-6,8-12,14-21,23,37,39-40,42,46,48-49H,3-4,7,13,22,24-28H2,1-2H3,(H,43,47)(H,44,50)/t37-,39-,40+,42+/m1/s1. The number of hydrogen-bond acceptors (Lipinski definition) is 8. The van der Waals surface area contributed by atoms with Crippen molar-refractivity contribution in [2.24, 2.45) is 0 Å². The molecule has 0 aliphatic carbocycles. The maximum Gasteiger partial charge on any atom is 0.220 e. The molecular formula is C42H51N3O7. The van der Waals surface area contributed by atoms with Crippen LogP contribution in [0.2, 0.25) is 0 Å². The quantitative estimate of drug-likeness (QED) is 0.0833. The van der Waals surface area contributed by atoms with Gasteiger partial charge in [-0.1, -0.05) is 91.3 Å². The highest BCUT2D eigenvalue weighted by molar-refractivity contribution is 5.76. The number of aliphatic hydroxyl groups is 2. The first-order chi connectivity index (χ1) is 25.2. The Kier molecular flexibility index (Phi) is 14.4. The van der Waals surface area contributed by atoms with Crippen molar-refractivity contribution in [3.8, 4) is 16.9 Å². The average Bonchev–Trinajstić information content (AvgIpc) is 3.15. The van der Waals surface area contributed by atoms with E-state index in [0.29, 0.717) is 44.6 Å². The number of nitrogens with one attached hydrogen (secondary N) is 2. The lowest BCUT2D eigenvalue weighted by Gasteiger charge is -2.38. The molecular weight excluding hydrogens is 658 g/mol. The van der Waals surface area contributed by atoms with Crippen LogP contribution in [0.4, 0.5) is 0 Å². The molecule has 1 saturated heterocycles. The summed E-state index contributed by atoms with van der Waals surface area (Å²) < 4.78 is 13.1. The number of hydrogen-bond donors (Lipinski definition) is 5. The second-order valence-corrected chi connectivity index (χ2v) is 13.5. The van der Waals surface area contributed by atoms with Crippen LogP contribution >= 0.6 is 0 Å². The van der Waals surface area contributed by atoms with Gasteiger partial charge in [0, 0.05) is 51.5 Å². The minimum atomic E-state index is -0.773. The summed E-state index contributed by atoms with van der Waals surface area (Å²) >= 11 is 0. The molecule has 1 aliphatic heterocycles. The summed E-state index contributed by atoms with van der Waals surface area (Å²) in [5, 5.41) is 36.1. The third-order valence-corrected chi connectivity index (χ3v) is 9.31. The van der Waals surface area contributed by atoms with Crippen LogP contribution in [0, 0.1) is 0 Å². The Hall–Kier alpha value is -4.58. The molecule has 52 heavy (non-hydrogen) atoms. The Morgan fingerprint density at radius 3 is 2.37 bits per heavy atom. The van der Waals surface area contributed by atoms with Gasteiger partial charge in [0.25, 0.3) is 0 Å². The number of benzene rings is 4. The number of nitrogens with zero attached hydrogens (tertiary/aromatic N) is 1. The first-order valence-corrected chi connectivity index (χ1v) is 18.0. The third kappa shape index (κ3) is 11.5. The van der Waals surface area contributed by atoms with E-state index in [9.17, 15) is 24.9 Å². The van der Waals surface area contributed by atoms with Crippen LogP contribution < -0.4 is 10.6 Å². The van der Waals surface area contributed by atoms with Gasteiger partial charge in [-0.3, -0.25) is 9.59 Å². The zero-order valence-electron chi connectivity index (χ0n) is 30.0. The highest BCUT2D eigenvalue weighted by Gasteiger charge is 2.33. The normalized spacial score (nSPS) is 17.8. The molecule has 10 heteroatoms. The van der Waals surface area contributed by atoms with E-state index in [2.05, 4.69) is 16.7 Å². The Bertz CT molecular complexity index is 1730. The highest BCUT2D eigenvalue weighted by atomic mass is 16.7. The van der Waals surface area contributed by atoms with Gasteiger partial charge in [-0.05, 0) is 65.4 Å². The van der Waals surface area contributed by atoms with Crippen molar-refractivity contribution in [3.05, 3.63) is 125 Å². The first kappa shape index (κ1) is 38.6. The van der Waals surface area contributed by atoms with Gasteiger partial charge < -0.3 is 40.3 Å². The van der Waals surface area contributed by atoms with E-state index in [4.69, 9.17) is 9.47 Å². The summed E-state index contributed by atoms with van der Waals surface area (Å²) in [6, 6.07) is 30.6. The van der Waals surface area contributed by atoms with E-state index >= 15 is 0 Å². The molecule has 0 saturated carbocycles. The van der Waals surface area contributed by atoms with Crippen LogP contribution in [0.5, 0.6) is 5.75 Å². The minimum absolute atomic E-state index is 0.00546. The fourth-order valence-electron chi connectivity index (χ4n) is 6.50. The maximum absolute atomic E-state index is 12.6. The zero-order valence-corrected chi connectivity index (χ0v) is 30.0. The molecule has 1 fully saturated rings. The molecule has 4 aromatic rings. The van der Waals surface area contributed by atoms with Crippen molar-refractivity contribution in [2.75, 3.05) is 26.7 Å². The van der Waals surface area contributed by atoms with Crippen LogP contribution in [-0.4, -0.2) is 64.8 Å². The number of rotatable bonds is 17. The van der Waals surface area contributed by atoms with E-state index in [1.54, 1.807) is 24.3 Å². The Morgan fingerprint density at radius 2 is 1.63 bits per heavy atom. The van der Waals surface area contributed by atoms with Crippen LogP contribution in [0.25, 0.3) is 11.1 Å². The van der Waals surface area contributed by atoms with E-state index in [0.717, 1.165) is 52.6 Å². The molecule has 2 amide bonds. The molecule has 5 N–H and O–H groups in total. The van der Waals surface area contributed by atoms with Gasteiger partial charge in [-0.2, -0.15) is 0 Å². The number of phenolic OH excluding ortho intramolecular Hbond substituents is 1. The number of phenols is 1. The number of aliphatic hydroxyl groups excluding tert-OH is 2. The van der Waals surface area contributed by atoms with Crippen LogP contribution in [0.3, 0.4) is 0 Å². The van der Waals surface area contributed by atoms with Gasteiger partial charge in [-0.15, -0.1) is 0 Å². The Balaban J connectivity index is 1.24. The third-order valence-electron chi connectivity index (χ3n) is 9.31. The van der Waals surface area contributed by atoms with Crippen molar-refractivity contribution in [1.82, 2.24) is 15.5 Å². The summed E-state index contributed by atoms with van der Waals surface area (Å²) in [5.41, 5.74) is 6.40. The molecule has 0 bridgehead atoms. The second-order valence-electron chi connectivity index (χ2n) is 13.5. The van der Waals surface area contributed by atoms with Crippen LogP contribution in [-0.2, 0) is 32.2 Å². The first-order valence-electron chi connectivity index (χ1n) is 18.0. The van der Waals surface area contributed by atoms with Crippen molar-refractivity contribution in [2.45, 2.75) is 76.8 Å². The summed E-state index contributed by atoms with van der Waals surface area (Å²) in [5.74, 6) is 0.0848. The van der Waals surface area contributed by atoms with Crippen molar-refractivity contribution >= 4 is 11.8 Å². The van der Waals surface area contributed by atoms with E-state index in [1.807, 2.05) is 78.7 Å². The summed E-state index contributed by atoms with van der Waals surface area (Å²) in [6.07, 6.45) is 1.69. The van der Waals surface area contributed by atoms with Gasteiger partial charge in [-0.25, -0.2) is 0 Å². The molecule has 10 nitrogen and oxygen atoms in total. The summed E-state index contributed by atoms with van der Waals surface area (Å²) in [4.78, 5) is 25.6. The molecule has 5 rings (SSSR count). The van der Waals surface area contributed by atoms with Gasteiger partial charge in [0.15, 0.2) is 6.29 Å². The second kappa shape index (κ2) is 19.3. The minimum Gasteiger partial charge on any atom is -0.508 e. The number of aromatic hydroxyl groups is 1. The smallest absolute Gasteiger partial charge is 0.220 e.